The first-order valence-corrected chi connectivity index (χ1v) is 4.27. The van der Waals surface area contributed by atoms with Crippen molar-refractivity contribution in [3.63, 3.8) is 0 Å². The van der Waals surface area contributed by atoms with E-state index in [2.05, 4.69) is 11.3 Å². The maximum atomic E-state index is 12.9. The molecule has 0 aliphatic heterocycles. The summed E-state index contributed by atoms with van der Waals surface area (Å²) in [7, 11) is 0. The van der Waals surface area contributed by atoms with Crippen molar-refractivity contribution in [2.24, 2.45) is 0 Å². The molecule has 7 heteroatoms. The number of hydrogen-bond donors (Lipinski definition) is 0. The van der Waals surface area contributed by atoms with Crippen molar-refractivity contribution < 1.29 is 31.1 Å². The molecule has 1 aliphatic carbocycles. The van der Waals surface area contributed by atoms with E-state index < -0.39 is 36.2 Å². The van der Waals surface area contributed by atoms with Gasteiger partial charge in [-0.05, 0) is 6.42 Å². The van der Waals surface area contributed by atoms with E-state index in [1.807, 2.05) is 0 Å². The lowest BCUT2D eigenvalue weighted by Gasteiger charge is -2.24. The Labute approximate surface area is 87.4 Å². The van der Waals surface area contributed by atoms with Crippen LogP contribution in [0.15, 0.2) is 24.5 Å². The van der Waals surface area contributed by atoms with E-state index in [0.717, 1.165) is 0 Å². The van der Waals surface area contributed by atoms with Gasteiger partial charge in [0, 0.05) is 6.08 Å². The minimum atomic E-state index is -5.45. The van der Waals surface area contributed by atoms with Gasteiger partial charge in [0.05, 0.1) is 6.61 Å². The third kappa shape index (κ3) is 1.68. The van der Waals surface area contributed by atoms with Crippen molar-refractivity contribution in [1.82, 2.24) is 0 Å². The van der Waals surface area contributed by atoms with Gasteiger partial charge in [0.2, 0.25) is 0 Å². The molecule has 0 spiro atoms. The van der Waals surface area contributed by atoms with Crippen molar-refractivity contribution in [2.75, 3.05) is 6.61 Å². The van der Waals surface area contributed by atoms with Crippen molar-refractivity contribution in [2.45, 2.75) is 24.2 Å². The Balaban J connectivity index is 2.90. The molecular formula is C9H8F6O. The average Bonchev–Trinajstić information content (AvgIpc) is 2.25. The van der Waals surface area contributed by atoms with Crippen LogP contribution in [0.1, 0.15) is 6.42 Å². The first-order valence-electron chi connectivity index (χ1n) is 4.27. The molecule has 0 aromatic heterocycles. The topological polar surface area (TPSA) is 9.23 Å². The van der Waals surface area contributed by atoms with Gasteiger partial charge < -0.3 is 4.74 Å². The van der Waals surface area contributed by atoms with E-state index in [1.165, 1.54) is 6.08 Å². The summed E-state index contributed by atoms with van der Waals surface area (Å²) >= 11 is 0. The largest absolute Gasteiger partial charge is 0.491 e. The van der Waals surface area contributed by atoms with Gasteiger partial charge in [-0.15, -0.1) is 6.58 Å². The quantitative estimate of drug-likeness (QED) is 0.419. The normalized spacial score (nSPS) is 25.0. The minimum absolute atomic E-state index is 0.0879. The summed E-state index contributed by atoms with van der Waals surface area (Å²) in [6.07, 6.45) is 0.838. The molecule has 0 fully saturated rings. The molecule has 0 amide bonds. The third-order valence-corrected chi connectivity index (χ3v) is 2.01. The zero-order valence-electron chi connectivity index (χ0n) is 7.95. The van der Waals surface area contributed by atoms with Gasteiger partial charge >= 0.3 is 17.8 Å². The Kier molecular flexibility index (Phi) is 3.00. The highest BCUT2D eigenvalue weighted by Gasteiger charge is 2.78. The molecule has 1 rings (SSSR count). The van der Waals surface area contributed by atoms with Gasteiger partial charge in [-0.3, -0.25) is 0 Å². The molecule has 0 radical (unpaired) electrons. The van der Waals surface area contributed by atoms with E-state index in [1.54, 1.807) is 0 Å². The van der Waals surface area contributed by atoms with Crippen LogP contribution in [0.25, 0.3) is 0 Å². The monoisotopic (exact) mass is 246 g/mol. The second-order valence-electron chi connectivity index (χ2n) is 3.21. The summed E-state index contributed by atoms with van der Waals surface area (Å²) in [5.74, 6) is -17.0. The van der Waals surface area contributed by atoms with Gasteiger partial charge in [0.25, 0.3) is 0 Å². The SMILES string of the molecule is C=CCCOC1=CC(F)(F)C(F)(F)C1(F)F. The Morgan fingerprint density at radius 1 is 1.19 bits per heavy atom. The summed E-state index contributed by atoms with van der Waals surface area (Å²) in [6.45, 7) is 2.83. The van der Waals surface area contributed by atoms with Crippen LogP contribution in [-0.2, 0) is 4.74 Å². The molecule has 92 valence electrons. The highest BCUT2D eigenvalue weighted by atomic mass is 19.3. The van der Waals surface area contributed by atoms with Gasteiger partial charge in [-0.1, -0.05) is 6.08 Å². The number of halogens is 6. The van der Waals surface area contributed by atoms with Crippen LogP contribution in [-0.4, -0.2) is 24.4 Å². The molecule has 0 atom stereocenters. The molecule has 0 unspecified atom stereocenters. The molecule has 0 aromatic carbocycles. The fraction of sp³-hybridized carbons (Fsp3) is 0.556. The van der Waals surface area contributed by atoms with Crippen molar-refractivity contribution in [3.05, 3.63) is 24.5 Å². The van der Waals surface area contributed by atoms with Crippen LogP contribution in [0.3, 0.4) is 0 Å². The van der Waals surface area contributed by atoms with Gasteiger partial charge in [0.1, 0.15) is 0 Å². The highest BCUT2D eigenvalue weighted by Crippen LogP contribution is 2.55. The second-order valence-corrected chi connectivity index (χ2v) is 3.21. The average molecular weight is 246 g/mol. The third-order valence-electron chi connectivity index (χ3n) is 2.01. The smallest absolute Gasteiger partial charge is 0.383 e. The van der Waals surface area contributed by atoms with Crippen molar-refractivity contribution >= 4 is 0 Å². The molecule has 0 saturated carbocycles. The van der Waals surface area contributed by atoms with E-state index in [0.29, 0.717) is 0 Å². The van der Waals surface area contributed by atoms with Crippen molar-refractivity contribution in [1.29, 1.82) is 0 Å². The summed E-state index contributed by atoms with van der Waals surface area (Å²) in [4.78, 5) is 0. The van der Waals surface area contributed by atoms with Crippen LogP contribution in [0, 0.1) is 0 Å². The van der Waals surface area contributed by atoms with Crippen LogP contribution in [0.5, 0.6) is 0 Å². The Bertz CT molecular complexity index is 320. The lowest BCUT2D eigenvalue weighted by atomic mass is 10.2. The Hall–Kier alpha value is -1.14. The van der Waals surface area contributed by atoms with E-state index >= 15 is 0 Å². The van der Waals surface area contributed by atoms with Crippen molar-refractivity contribution in [3.8, 4) is 0 Å². The first kappa shape index (κ1) is 12.9. The molecule has 1 nitrogen and oxygen atoms in total. The van der Waals surface area contributed by atoms with Gasteiger partial charge in [-0.2, -0.15) is 26.3 Å². The maximum Gasteiger partial charge on any atom is 0.383 e. The lowest BCUT2D eigenvalue weighted by Crippen LogP contribution is -2.48. The standard InChI is InChI=1S/C9H8F6O/c1-2-3-4-16-6-5-7(10,11)9(14,15)8(6,12)13/h2,5H,1,3-4H2. The lowest BCUT2D eigenvalue weighted by molar-refractivity contribution is -0.269. The molecule has 16 heavy (non-hydrogen) atoms. The van der Waals surface area contributed by atoms with E-state index in [-0.39, 0.29) is 6.42 Å². The molecule has 0 aromatic rings. The maximum absolute atomic E-state index is 12.9. The molecule has 0 bridgehead atoms. The fourth-order valence-electron chi connectivity index (χ4n) is 1.09. The predicted molar refractivity (Wildman–Crippen MR) is 43.7 cm³/mol. The summed E-state index contributed by atoms with van der Waals surface area (Å²) in [6, 6.07) is 0. The number of alkyl halides is 6. The number of allylic oxidation sites excluding steroid dienone is 2. The molecule has 0 heterocycles. The zero-order chi connectivity index (χ0) is 12.6. The van der Waals surface area contributed by atoms with Gasteiger partial charge in [0.15, 0.2) is 5.76 Å². The minimum Gasteiger partial charge on any atom is -0.491 e. The van der Waals surface area contributed by atoms with E-state index in [9.17, 15) is 26.3 Å². The summed E-state index contributed by atoms with van der Waals surface area (Å²) < 4.78 is 80.3. The van der Waals surface area contributed by atoms with E-state index in [4.69, 9.17) is 0 Å². The van der Waals surface area contributed by atoms with Crippen LogP contribution >= 0.6 is 0 Å². The zero-order valence-corrected chi connectivity index (χ0v) is 7.95. The fourth-order valence-corrected chi connectivity index (χ4v) is 1.09. The molecular weight excluding hydrogens is 238 g/mol. The number of ether oxygens (including phenoxy) is 1. The predicted octanol–water partition coefficient (Wildman–Crippen LogP) is 3.38. The molecule has 1 aliphatic rings. The van der Waals surface area contributed by atoms with Crippen LogP contribution in [0.4, 0.5) is 26.3 Å². The number of rotatable bonds is 4. The highest BCUT2D eigenvalue weighted by molar-refractivity contribution is 5.28. The van der Waals surface area contributed by atoms with Gasteiger partial charge in [-0.25, -0.2) is 0 Å². The molecule has 0 N–H and O–H groups in total. The van der Waals surface area contributed by atoms with Crippen LogP contribution < -0.4 is 0 Å². The number of hydrogen-bond acceptors (Lipinski definition) is 1. The Morgan fingerprint density at radius 2 is 1.75 bits per heavy atom. The summed E-state index contributed by atoms with van der Waals surface area (Å²) in [5.41, 5.74) is 0. The Morgan fingerprint density at radius 3 is 2.12 bits per heavy atom. The summed E-state index contributed by atoms with van der Waals surface area (Å²) in [5, 5.41) is 0. The van der Waals surface area contributed by atoms with Crippen LogP contribution in [0.2, 0.25) is 0 Å². The first-order chi connectivity index (χ1) is 7.17. The second kappa shape index (κ2) is 3.71. The molecule has 0 saturated heterocycles.